The van der Waals surface area contributed by atoms with E-state index in [4.69, 9.17) is 0 Å². The number of allylic oxidation sites excluding steroid dienone is 4. The molecule has 0 N–H and O–H groups in total. The molecule has 3 saturated carbocycles. The Morgan fingerprint density at radius 2 is 1.91 bits per heavy atom. The fraction of sp³-hybridized carbons (Fsp3) is 0.818. The zero-order valence-electron chi connectivity index (χ0n) is 15.1. The molecule has 4 aliphatic carbocycles. The van der Waals surface area contributed by atoms with Gasteiger partial charge in [0.25, 0.3) is 0 Å². The summed E-state index contributed by atoms with van der Waals surface area (Å²) in [4.78, 5) is 0. The van der Waals surface area contributed by atoms with E-state index < -0.39 is 0 Å². The average molecular weight is 299 g/mol. The van der Waals surface area contributed by atoms with Gasteiger partial charge in [-0.3, -0.25) is 0 Å². The van der Waals surface area contributed by atoms with Gasteiger partial charge in [-0.2, -0.15) is 0 Å². The van der Waals surface area contributed by atoms with E-state index in [0.717, 1.165) is 23.7 Å². The van der Waals surface area contributed by atoms with Crippen LogP contribution in [0.3, 0.4) is 0 Å². The minimum absolute atomic E-state index is 0.390. The summed E-state index contributed by atoms with van der Waals surface area (Å²) in [6, 6.07) is 0. The van der Waals surface area contributed by atoms with Crippen LogP contribution in [0.2, 0.25) is 0 Å². The largest absolute Gasteiger partial charge is 0.0810 e. The van der Waals surface area contributed by atoms with Crippen LogP contribution in [-0.4, -0.2) is 0 Å². The maximum Gasteiger partial charge on any atom is 0.00938 e. The van der Waals surface area contributed by atoms with Gasteiger partial charge in [0.2, 0.25) is 0 Å². The zero-order valence-corrected chi connectivity index (χ0v) is 15.1. The number of rotatable bonds is 1. The summed E-state index contributed by atoms with van der Waals surface area (Å²) in [6.45, 7) is 9.99. The van der Waals surface area contributed by atoms with Crippen molar-refractivity contribution < 1.29 is 0 Å². The van der Waals surface area contributed by atoms with Gasteiger partial charge in [0.05, 0.1) is 0 Å². The Labute approximate surface area is 137 Å². The predicted molar refractivity (Wildman–Crippen MR) is 94.6 cm³/mol. The highest BCUT2D eigenvalue weighted by Crippen LogP contribution is 2.66. The first-order chi connectivity index (χ1) is 10.5. The van der Waals surface area contributed by atoms with Crippen LogP contribution in [0.25, 0.3) is 0 Å². The van der Waals surface area contributed by atoms with Gasteiger partial charge in [0.15, 0.2) is 0 Å². The van der Waals surface area contributed by atoms with Crippen molar-refractivity contribution in [2.75, 3.05) is 0 Å². The highest BCUT2D eigenvalue weighted by molar-refractivity contribution is 5.32. The Kier molecular flexibility index (Phi) is 3.41. The van der Waals surface area contributed by atoms with Crippen LogP contribution in [0.5, 0.6) is 0 Å². The maximum atomic E-state index is 2.65. The molecule has 0 aromatic heterocycles. The molecule has 4 rings (SSSR count). The van der Waals surface area contributed by atoms with Gasteiger partial charge in [0, 0.05) is 5.41 Å². The molecular formula is C22H34. The van der Waals surface area contributed by atoms with E-state index in [0.29, 0.717) is 16.7 Å². The quantitative estimate of drug-likeness (QED) is 0.492. The molecule has 22 heavy (non-hydrogen) atoms. The Morgan fingerprint density at radius 1 is 1.09 bits per heavy atom. The van der Waals surface area contributed by atoms with Crippen LogP contribution >= 0.6 is 0 Å². The van der Waals surface area contributed by atoms with E-state index in [1.807, 2.05) is 0 Å². The first-order valence-electron chi connectivity index (χ1n) is 9.89. The summed E-state index contributed by atoms with van der Waals surface area (Å²) < 4.78 is 0. The molecule has 7 atom stereocenters. The van der Waals surface area contributed by atoms with Crippen LogP contribution < -0.4 is 0 Å². The van der Waals surface area contributed by atoms with Crippen molar-refractivity contribution in [3.8, 4) is 0 Å². The fourth-order valence-corrected chi connectivity index (χ4v) is 7.26. The monoisotopic (exact) mass is 298 g/mol. The van der Waals surface area contributed by atoms with E-state index in [2.05, 4.69) is 45.9 Å². The Hall–Kier alpha value is -0.520. The van der Waals surface area contributed by atoms with Gasteiger partial charge in [-0.05, 0) is 73.5 Å². The first-order valence-corrected chi connectivity index (χ1v) is 9.89. The second-order valence-electron chi connectivity index (χ2n) is 9.34. The van der Waals surface area contributed by atoms with Crippen LogP contribution in [0.15, 0.2) is 23.8 Å². The lowest BCUT2D eigenvalue weighted by atomic mass is 9.47. The highest BCUT2D eigenvalue weighted by Gasteiger charge is 2.57. The summed E-state index contributed by atoms with van der Waals surface area (Å²) in [7, 11) is 0. The van der Waals surface area contributed by atoms with Gasteiger partial charge in [-0.1, -0.05) is 57.9 Å². The first kappa shape index (κ1) is 15.0. The summed E-state index contributed by atoms with van der Waals surface area (Å²) in [5.41, 5.74) is 2.83. The Balaban J connectivity index is 1.67. The molecule has 122 valence electrons. The van der Waals surface area contributed by atoms with Gasteiger partial charge < -0.3 is 0 Å². The molecule has 0 saturated heterocycles. The third-order valence-corrected chi connectivity index (χ3v) is 8.55. The summed E-state index contributed by atoms with van der Waals surface area (Å²) >= 11 is 0. The smallest absolute Gasteiger partial charge is 0.00938 e. The third-order valence-electron chi connectivity index (χ3n) is 8.55. The molecular weight excluding hydrogens is 264 g/mol. The van der Waals surface area contributed by atoms with E-state index in [9.17, 15) is 0 Å². The summed E-state index contributed by atoms with van der Waals surface area (Å²) in [6.07, 6.45) is 17.9. The van der Waals surface area contributed by atoms with Crippen LogP contribution in [0.4, 0.5) is 0 Å². The van der Waals surface area contributed by atoms with Crippen molar-refractivity contribution in [1.29, 1.82) is 0 Å². The molecule has 1 unspecified atom stereocenters. The molecule has 0 bridgehead atoms. The van der Waals surface area contributed by atoms with Crippen molar-refractivity contribution >= 4 is 0 Å². The minimum Gasteiger partial charge on any atom is -0.0810 e. The standard InChI is InChI=1S/C22H34/c1-5-16-7-9-19-18-8-6-17-14-15(2)10-12-22(17,4)20(18)11-13-21(16,19)3/h10,12,14-16,18-20H,5-9,11,13H2,1-4H3/t15?,16-,18-,19-,20-,21+,22-/m0/s1. The van der Waals surface area contributed by atoms with Gasteiger partial charge in [0.1, 0.15) is 0 Å². The zero-order chi connectivity index (χ0) is 15.5. The lowest BCUT2D eigenvalue weighted by Gasteiger charge is -2.57. The highest BCUT2D eigenvalue weighted by atomic mass is 14.6. The van der Waals surface area contributed by atoms with E-state index in [1.165, 1.54) is 44.9 Å². The molecule has 0 heterocycles. The Morgan fingerprint density at radius 3 is 2.68 bits per heavy atom. The topological polar surface area (TPSA) is 0 Å². The lowest BCUT2D eigenvalue weighted by Crippen LogP contribution is -2.49. The molecule has 3 fully saturated rings. The predicted octanol–water partition coefficient (Wildman–Crippen LogP) is 6.39. The van der Waals surface area contributed by atoms with E-state index in [-0.39, 0.29) is 0 Å². The average Bonchev–Trinajstić information content (AvgIpc) is 2.84. The molecule has 0 aromatic carbocycles. The second-order valence-corrected chi connectivity index (χ2v) is 9.34. The van der Waals surface area contributed by atoms with Crippen molar-refractivity contribution in [3.63, 3.8) is 0 Å². The van der Waals surface area contributed by atoms with Crippen molar-refractivity contribution in [1.82, 2.24) is 0 Å². The maximum absolute atomic E-state index is 2.65. The van der Waals surface area contributed by atoms with Gasteiger partial charge in [-0.25, -0.2) is 0 Å². The van der Waals surface area contributed by atoms with Crippen molar-refractivity contribution in [2.45, 2.75) is 72.6 Å². The summed E-state index contributed by atoms with van der Waals surface area (Å²) in [5.74, 6) is 4.59. The number of hydrogen-bond donors (Lipinski definition) is 0. The number of hydrogen-bond acceptors (Lipinski definition) is 0. The van der Waals surface area contributed by atoms with Crippen molar-refractivity contribution in [2.24, 2.45) is 40.4 Å². The normalized spacial score (nSPS) is 53.5. The van der Waals surface area contributed by atoms with Crippen LogP contribution in [0.1, 0.15) is 72.6 Å². The molecule has 0 aromatic rings. The lowest BCUT2D eigenvalue weighted by molar-refractivity contribution is -0.0344. The van der Waals surface area contributed by atoms with Crippen molar-refractivity contribution in [3.05, 3.63) is 23.8 Å². The molecule has 0 aliphatic heterocycles. The van der Waals surface area contributed by atoms with E-state index in [1.54, 1.807) is 5.57 Å². The molecule has 4 aliphatic rings. The SMILES string of the molecule is CC[C@H]1CC[C@H]2[C@@H]3CCC4=CC(C)C=C[C@]4(C)[C@H]3CC[C@]12C. The minimum atomic E-state index is 0.390. The van der Waals surface area contributed by atoms with Gasteiger partial charge >= 0.3 is 0 Å². The van der Waals surface area contributed by atoms with E-state index >= 15 is 0 Å². The van der Waals surface area contributed by atoms with Crippen LogP contribution in [-0.2, 0) is 0 Å². The second kappa shape index (κ2) is 4.99. The molecule has 0 heteroatoms. The fourth-order valence-electron chi connectivity index (χ4n) is 7.26. The molecule has 0 radical (unpaired) electrons. The number of fused-ring (bicyclic) bond motifs is 5. The molecule has 0 spiro atoms. The third kappa shape index (κ3) is 1.88. The summed E-state index contributed by atoms with van der Waals surface area (Å²) in [5, 5.41) is 0. The van der Waals surface area contributed by atoms with Gasteiger partial charge in [-0.15, -0.1) is 0 Å². The Bertz CT molecular complexity index is 512. The van der Waals surface area contributed by atoms with Crippen LogP contribution in [0, 0.1) is 40.4 Å². The molecule has 0 amide bonds. The molecule has 0 nitrogen and oxygen atoms in total.